The number of benzene rings is 3. The number of imide groups is 1. The molecule has 0 radical (unpaired) electrons. The van der Waals surface area contributed by atoms with Crippen LogP contribution < -0.4 is 15.5 Å². The fourth-order valence-electron chi connectivity index (χ4n) is 3.85. The summed E-state index contributed by atoms with van der Waals surface area (Å²) in [5, 5.41) is 5.48. The number of carbonyl (C=O) groups excluding carboxylic acids is 4. The van der Waals surface area contributed by atoms with Crippen molar-refractivity contribution in [2.24, 2.45) is 0 Å². The summed E-state index contributed by atoms with van der Waals surface area (Å²) in [5.74, 6) is -1.10. The second-order valence-electron chi connectivity index (χ2n) is 8.32. The Hall–Kier alpha value is -4.26. The molecular formula is C27H25N3O4. The summed E-state index contributed by atoms with van der Waals surface area (Å²) in [6.07, 6.45) is 1.03. The van der Waals surface area contributed by atoms with Gasteiger partial charge in [-0.25, -0.2) is 4.90 Å². The van der Waals surface area contributed by atoms with Crippen molar-refractivity contribution in [3.05, 3.63) is 89.0 Å². The van der Waals surface area contributed by atoms with E-state index >= 15 is 0 Å². The fraction of sp³-hybridized carbons (Fsp3) is 0.185. The summed E-state index contributed by atoms with van der Waals surface area (Å²) in [4.78, 5) is 51.0. The Labute approximate surface area is 197 Å². The molecule has 1 aliphatic heterocycles. The minimum absolute atomic E-state index is 0.177. The summed E-state index contributed by atoms with van der Waals surface area (Å²) < 4.78 is 0. The Morgan fingerprint density at radius 1 is 0.824 bits per heavy atom. The van der Waals surface area contributed by atoms with Gasteiger partial charge in [-0.05, 0) is 72.5 Å². The Bertz CT molecular complexity index is 1280. The van der Waals surface area contributed by atoms with Gasteiger partial charge in [0.15, 0.2) is 0 Å². The van der Waals surface area contributed by atoms with E-state index in [1.54, 1.807) is 24.3 Å². The largest absolute Gasteiger partial charge is 0.326 e. The third-order valence-corrected chi connectivity index (χ3v) is 5.94. The van der Waals surface area contributed by atoms with E-state index in [0.29, 0.717) is 23.0 Å². The minimum atomic E-state index is -0.500. The zero-order valence-corrected chi connectivity index (χ0v) is 19.2. The lowest BCUT2D eigenvalue weighted by Crippen LogP contribution is -2.29. The molecule has 1 aliphatic rings. The summed E-state index contributed by atoms with van der Waals surface area (Å²) in [7, 11) is 0. The summed E-state index contributed by atoms with van der Waals surface area (Å²) in [6.45, 7) is 5.67. The van der Waals surface area contributed by atoms with Crippen LogP contribution >= 0.6 is 0 Å². The van der Waals surface area contributed by atoms with Gasteiger partial charge in [0.05, 0.1) is 16.8 Å². The number of amides is 4. The Balaban J connectivity index is 1.52. The first-order valence-electron chi connectivity index (χ1n) is 11.1. The Morgan fingerprint density at radius 3 is 2.03 bits per heavy atom. The highest BCUT2D eigenvalue weighted by molar-refractivity contribution is 6.34. The zero-order chi connectivity index (χ0) is 24.4. The summed E-state index contributed by atoms with van der Waals surface area (Å²) in [5.41, 5.74) is 3.50. The van der Waals surface area contributed by atoms with Crippen LogP contribution in [-0.4, -0.2) is 23.6 Å². The lowest BCUT2D eigenvalue weighted by Gasteiger charge is -2.14. The summed E-state index contributed by atoms with van der Waals surface area (Å²) in [6, 6.07) is 18.6. The standard InChI is InChI=1S/C27H25N3O4/c1-4-16(2)18-5-8-21(9-6-18)29-25(32)19-7-14-23-24(15-19)27(34)30(26(23)33)22-12-10-20(11-13-22)28-17(3)31/h5-16H,4H2,1-3H3,(H,28,31)(H,29,32). The molecule has 0 fully saturated rings. The van der Waals surface area contributed by atoms with Crippen LogP contribution in [0.4, 0.5) is 17.1 Å². The monoisotopic (exact) mass is 455 g/mol. The van der Waals surface area contributed by atoms with E-state index in [1.165, 1.54) is 30.7 Å². The average Bonchev–Trinajstić information content (AvgIpc) is 3.08. The maximum Gasteiger partial charge on any atom is 0.266 e. The molecule has 3 aromatic carbocycles. The topological polar surface area (TPSA) is 95.6 Å². The first-order valence-corrected chi connectivity index (χ1v) is 11.1. The van der Waals surface area contributed by atoms with E-state index in [2.05, 4.69) is 24.5 Å². The first-order chi connectivity index (χ1) is 16.3. The number of rotatable bonds is 6. The summed E-state index contributed by atoms with van der Waals surface area (Å²) >= 11 is 0. The molecule has 1 atom stereocenters. The van der Waals surface area contributed by atoms with Gasteiger partial charge in [-0.15, -0.1) is 0 Å². The highest BCUT2D eigenvalue weighted by atomic mass is 16.2. The lowest BCUT2D eigenvalue weighted by molar-refractivity contribution is -0.114. The molecule has 0 bridgehead atoms. The van der Waals surface area contributed by atoms with E-state index < -0.39 is 11.8 Å². The SMILES string of the molecule is CCC(C)c1ccc(NC(=O)c2ccc3c(c2)C(=O)N(c2ccc(NC(C)=O)cc2)C3=O)cc1. The van der Waals surface area contributed by atoms with Crippen LogP contribution in [0.15, 0.2) is 66.7 Å². The lowest BCUT2D eigenvalue weighted by atomic mass is 9.98. The molecular weight excluding hydrogens is 430 g/mol. The predicted octanol–water partition coefficient (Wildman–Crippen LogP) is 5.21. The number of nitrogens with one attached hydrogen (secondary N) is 2. The van der Waals surface area contributed by atoms with Gasteiger partial charge in [0.2, 0.25) is 5.91 Å². The maximum atomic E-state index is 13.0. The third-order valence-electron chi connectivity index (χ3n) is 5.94. The number of fused-ring (bicyclic) bond motifs is 1. The molecule has 34 heavy (non-hydrogen) atoms. The molecule has 172 valence electrons. The average molecular weight is 456 g/mol. The normalized spacial score (nSPS) is 13.4. The highest BCUT2D eigenvalue weighted by Crippen LogP contribution is 2.30. The van der Waals surface area contributed by atoms with Gasteiger partial charge in [0, 0.05) is 23.9 Å². The molecule has 4 amide bonds. The van der Waals surface area contributed by atoms with Gasteiger partial charge in [-0.3, -0.25) is 19.2 Å². The van der Waals surface area contributed by atoms with Crippen molar-refractivity contribution < 1.29 is 19.2 Å². The molecule has 7 heteroatoms. The third kappa shape index (κ3) is 4.45. The van der Waals surface area contributed by atoms with Crippen molar-refractivity contribution in [2.75, 3.05) is 15.5 Å². The highest BCUT2D eigenvalue weighted by Gasteiger charge is 2.37. The first kappa shape index (κ1) is 22.9. The van der Waals surface area contributed by atoms with Crippen molar-refractivity contribution in [3.8, 4) is 0 Å². The number of hydrogen-bond acceptors (Lipinski definition) is 4. The molecule has 0 saturated carbocycles. The second-order valence-corrected chi connectivity index (χ2v) is 8.32. The van der Waals surface area contributed by atoms with E-state index in [4.69, 9.17) is 0 Å². The number of carbonyl (C=O) groups is 4. The van der Waals surface area contributed by atoms with Crippen LogP contribution in [0.1, 0.15) is 69.7 Å². The molecule has 7 nitrogen and oxygen atoms in total. The maximum absolute atomic E-state index is 13.0. The van der Waals surface area contributed by atoms with Crippen LogP contribution in [0.2, 0.25) is 0 Å². The minimum Gasteiger partial charge on any atom is -0.326 e. The molecule has 0 aliphatic carbocycles. The number of nitrogens with zero attached hydrogens (tertiary/aromatic N) is 1. The van der Waals surface area contributed by atoms with Crippen molar-refractivity contribution in [1.29, 1.82) is 0 Å². The fourth-order valence-corrected chi connectivity index (χ4v) is 3.85. The van der Waals surface area contributed by atoms with Gasteiger partial charge in [0.25, 0.3) is 17.7 Å². The van der Waals surface area contributed by atoms with Gasteiger partial charge < -0.3 is 10.6 Å². The van der Waals surface area contributed by atoms with Crippen LogP contribution in [0.5, 0.6) is 0 Å². The Morgan fingerprint density at radius 2 is 1.41 bits per heavy atom. The number of anilines is 3. The van der Waals surface area contributed by atoms with Gasteiger partial charge >= 0.3 is 0 Å². The quantitative estimate of drug-likeness (QED) is 0.499. The molecule has 2 N–H and O–H groups in total. The zero-order valence-electron chi connectivity index (χ0n) is 19.2. The molecule has 4 rings (SSSR count). The molecule has 3 aromatic rings. The van der Waals surface area contributed by atoms with E-state index in [1.807, 2.05) is 24.3 Å². The van der Waals surface area contributed by atoms with Crippen molar-refractivity contribution in [2.45, 2.75) is 33.1 Å². The number of hydrogen-bond donors (Lipinski definition) is 2. The predicted molar refractivity (Wildman–Crippen MR) is 131 cm³/mol. The smallest absolute Gasteiger partial charge is 0.266 e. The van der Waals surface area contributed by atoms with E-state index in [0.717, 1.165) is 11.3 Å². The van der Waals surface area contributed by atoms with Crippen LogP contribution in [0, 0.1) is 0 Å². The van der Waals surface area contributed by atoms with Gasteiger partial charge in [-0.1, -0.05) is 26.0 Å². The second kappa shape index (κ2) is 9.31. The van der Waals surface area contributed by atoms with Gasteiger partial charge in [-0.2, -0.15) is 0 Å². The molecule has 1 heterocycles. The van der Waals surface area contributed by atoms with E-state index in [9.17, 15) is 19.2 Å². The molecule has 0 spiro atoms. The Kier molecular flexibility index (Phi) is 6.27. The molecule has 0 aromatic heterocycles. The van der Waals surface area contributed by atoms with Crippen molar-refractivity contribution in [1.82, 2.24) is 0 Å². The van der Waals surface area contributed by atoms with Crippen LogP contribution in [0.3, 0.4) is 0 Å². The van der Waals surface area contributed by atoms with Crippen molar-refractivity contribution >= 4 is 40.7 Å². The van der Waals surface area contributed by atoms with E-state index in [-0.39, 0.29) is 28.5 Å². The van der Waals surface area contributed by atoms with Crippen molar-refractivity contribution in [3.63, 3.8) is 0 Å². The van der Waals surface area contributed by atoms with Crippen LogP contribution in [-0.2, 0) is 4.79 Å². The molecule has 0 saturated heterocycles. The molecule has 1 unspecified atom stereocenters. The van der Waals surface area contributed by atoms with Crippen LogP contribution in [0.25, 0.3) is 0 Å². The van der Waals surface area contributed by atoms with Gasteiger partial charge in [0.1, 0.15) is 0 Å².